The Bertz CT molecular complexity index is 340. The number of carbonyl (C=O) groups is 3. The normalized spacial score (nSPS) is 12.2. The largest absolute Gasteiger partial charge is 0.481 e. The first-order chi connectivity index (χ1) is 9.25. The first-order valence-corrected chi connectivity index (χ1v) is 6.99. The van der Waals surface area contributed by atoms with E-state index in [1.54, 1.807) is 25.7 Å². The number of carboxylic acid groups (broad SMARTS) is 2. The van der Waals surface area contributed by atoms with E-state index in [2.05, 4.69) is 0 Å². The fourth-order valence-corrected chi connectivity index (χ4v) is 1.82. The molecule has 0 saturated heterocycles. The van der Waals surface area contributed by atoms with Gasteiger partial charge in [0, 0.05) is 25.4 Å². The number of aliphatic carboxylic acids is 2. The highest BCUT2D eigenvalue weighted by molar-refractivity contribution is 5.79. The Labute approximate surface area is 119 Å². The van der Waals surface area contributed by atoms with Gasteiger partial charge in [-0.05, 0) is 12.8 Å². The predicted octanol–water partition coefficient (Wildman–Crippen LogP) is 1.84. The lowest BCUT2D eigenvalue weighted by Gasteiger charge is -2.26. The molecular weight excluding hydrogens is 262 g/mol. The van der Waals surface area contributed by atoms with Gasteiger partial charge in [0.25, 0.3) is 0 Å². The minimum atomic E-state index is -0.919. The topological polar surface area (TPSA) is 94.9 Å². The molecule has 1 amide bonds. The lowest BCUT2D eigenvalue weighted by atomic mass is 10.1. The lowest BCUT2D eigenvalue weighted by molar-refractivity contribution is -0.144. The summed E-state index contributed by atoms with van der Waals surface area (Å²) in [7, 11) is 0. The highest BCUT2D eigenvalue weighted by atomic mass is 16.4. The van der Waals surface area contributed by atoms with E-state index in [1.807, 2.05) is 0 Å². The van der Waals surface area contributed by atoms with Gasteiger partial charge in [-0.1, -0.05) is 27.2 Å². The molecular formula is C14H25NO5. The van der Waals surface area contributed by atoms with Crippen molar-refractivity contribution in [2.75, 3.05) is 13.1 Å². The molecule has 6 heteroatoms. The summed E-state index contributed by atoms with van der Waals surface area (Å²) in [6.07, 6.45) is 2.12. The number of hydrogen-bond donors (Lipinski definition) is 2. The molecule has 0 aliphatic rings. The van der Waals surface area contributed by atoms with Crippen LogP contribution in [0.3, 0.4) is 0 Å². The standard InChI is InChI=1S/C14H25NO5/c1-10(2)13(18)15(9-11(3)14(19)20)8-6-4-5-7-12(16)17/h10-11H,4-9H2,1-3H3,(H,16,17)(H,19,20). The Kier molecular flexibility index (Phi) is 8.59. The third-order valence-electron chi connectivity index (χ3n) is 3.04. The van der Waals surface area contributed by atoms with Gasteiger partial charge in [-0.3, -0.25) is 14.4 Å². The summed E-state index contributed by atoms with van der Waals surface area (Å²) in [5.74, 6) is -2.57. The molecule has 116 valence electrons. The maximum absolute atomic E-state index is 12.0. The molecule has 20 heavy (non-hydrogen) atoms. The van der Waals surface area contributed by atoms with Crippen LogP contribution >= 0.6 is 0 Å². The van der Waals surface area contributed by atoms with Crippen molar-refractivity contribution in [2.45, 2.75) is 46.5 Å². The summed E-state index contributed by atoms with van der Waals surface area (Å²) in [5.41, 5.74) is 0. The van der Waals surface area contributed by atoms with E-state index in [0.717, 1.165) is 6.42 Å². The number of carbonyl (C=O) groups excluding carboxylic acids is 1. The minimum absolute atomic E-state index is 0.0589. The summed E-state index contributed by atoms with van der Waals surface area (Å²) >= 11 is 0. The quantitative estimate of drug-likeness (QED) is 0.598. The van der Waals surface area contributed by atoms with Gasteiger partial charge < -0.3 is 15.1 Å². The zero-order valence-electron chi connectivity index (χ0n) is 12.5. The van der Waals surface area contributed by atoms with Gasteiger partial charge >= 0.3 is 11.9 Å². The molecule has 1 unspecified atom stereocenters. The molecule has 0 spiro atoms. The zero-order valence-corrected chi connectivity index (χ0v) is 12.5. The molecule has 2 N–H and O–H groups in total. The molecule has 0 bridgehead atoms. The fourth-order valence-electron chi connectivity index (χ4n) is 1.82. The number of hydrogen-bond acceptors (Lipinski definition) is 3. The van der Waals surface area contributed by atoms with Crippen molar-refractivity contribution in [2.24, 2.45) is 11.8 Å². The Morgan fingerprint density at radius 1 is 1.00 bits per heavy atom. The predicted molar refractivity (Wildman–Crippen MR) is 74.3 cm³/mol. The van der Waals surface area contributed by atoms with Crippen LogP contribution < -0.4 is 0 Å². The van der Waals surface area contributed by atoms with Gasteiger partial charge in [-0.15, -0.1) is 0 Å². The van der Waals surface area contributed by atoms with Crippen molar-refractivity contribution in [3.05, 3.63) is 0 Å². The first kappa shape index (κ1) is 18.4. The maximum atomic E-state index is 12.0. The van der Waals surface area contributed by atoms with Gasteiger partial charge in [-0.25, -0.2) is 0 Å². The van der Waals surface area contributed by atoms with E-state index in [-0.39, 0.29) is 24.8 Å². The van der Waals surface area contributed by atoms with Crippen LogP contribution in [0, 0.1) is 11.8 Å². The molecule has 0 aromatic carbocycles. The molecule has 0 heterocycles. The van der Waals surface area contributed by atoms with Gasteiger partial charge in [0.05, 0.1) is 5.92 Å². The van der Waals surface area contributed by atoms with Crippen molar-refractivity contribution >= 4 is 17.8 Å². The third-order valence-corrected chi connectivity index (χ3v) is 3.04. The van der Waals surface area contributed by atoms with E-state index >= 15 is 0 Å². The highest BCUT2D eigenvalue weighted by Crippen LogP contribution is 2.09. The summed E-state index contributed by atoms with van der Waals surface area (Å²) in [4.78, 5) is 34.8. The number of rotatable bonds is 10. The van der Waals surface area contributed by atoms with Crippen molar-refractivity contribution < 1.29 is 24.6 Å². The molecule has 1 atom stereocenters. The fraction of sp³-hybridized carbons (Fsp3) is 0.786. The van der Waals surface area contributed by atoms with Crippen LogP contribution in [0.25, 0.3) is 0 Å². The van der Waals surface area contributed by atoms with Crippen LogP contribution in [0.15, 0.2) is 0 Å². The molecule has 6 nitrogen and oxygen atoms in total. The summed E-state index contributed by atoms with van der Waals surface area (Å²) in [6.45, 7) is 5.82. The first-order valence-electron chi connectivity index (χ1n) is 6.99. The second kappa shape index (κ2) is 9.34. The van der Waals surface area contributed by atoms with Crippen molar-refractivity contribution in [3.8, 4) is 0 Å². The molecule has 0 aliphatic heterocycles. The Morgan fingerprint density at radius 2 is 1.60 bits per heavy atom. The third kappa shape index (κ3) is 7.76. The Balaban J connectivity index is 4.29. The van der Waals surface area contributed by atoms with Crippen molar-refractivity contribution in [1.82, 2.24) is 4.90 Å². The van der Waals surface area contributed by atoms with Gasteiger partial charge in [-0.2, -0.15) is 0 Å². The molecule has 0 radical (unpaired) electrons. The molecule has 0 saturated carbocycles. The highest BCUT2D eigenvalue weighted by Gasteiger charge is 2.21. The summed E-state index contributed by atoms with van der Waals surface area (Å²) in [5, 5.41) is 17.5. The van der Waals surface area contributed by atoms with Crippen LogP contribution in [-0.4, -0.2) is 46.0 Å². The number of carboxylic acids is 2. The Morgan fingerprint density at radius 3 is 2.05 bits per heavy atom. The number of unbranched alkanes of at least 4 members (excludes halogenated alkanes) is 2. The smallest absolute Gasteiger partial charge is 0.308 e. The van der Waals surface area contributed by atoms with Gasteiger partial charge in [0.2, 0.25) is 5.91 Å². The lowest BCUT2D eigenvalue weighted by Crippen LogP contribution is -2.39. The molecule has 0 aromatic heterocycles. The van der Waals surface area contributed by atoms with E-state index in [0.29, 0.717) is 19.4 Å². The molecule has 0 aliphatic carbocycles. The second-order valence-electron chi connectivity index (χ2n) is 5.38. The van der Waals surface area contributed by atoms with Gasteiger partial charge in [0.1, 0.15) is 0 Å². The van der Waals surface area contributed by atoms with Crippen LogP contribution in [0.4, 0.5) is 0 Å². The molecule has 0 rings (SSSR count). The van der Waals surface area contributed by atoms with E-state index < -0.39 is 17.9 Å². The zero-order chi connectivity index (χ0) is 15.7. The van der Waals surface area contributed by atoms with Crippen LogP contribution in [-0.2, 0) is 14.4 Å². The SMILES string of the molecule is CC(C)C(=O)N(CCCCCC(=O)O)CC(C)C(=O)O. The van der Waals surface area contributed by atoms with E-state index in [9.17, 15) is 14.4 Å². The maximum Gasteiger partial charge on any atom is 0.308 e. The average Bonchev–Trinajstić information content (AvgIpc) is 2.35. The Hall–Kier alpha value is -1.59. The van der Waals surface area contributed by atoms with E-state index in [1.165, 1.54) is 0 Å². The van der Waals surface area contributed by atoms with Crippen molar-refractivity contribution in [3.63, 3.8) is 0 Å². The van der Waals surface area contributed by atoms with Crippen molar-refractivity contribution in [1.29, 1.82) is 0 Å². The van der Waals surface area contributed by atoms with Crippen LogP contribution in [0.2, 0.25) is 0 Å². The van der Waals surface area contributed by atoms with E-state index in [4.69, 9.17) is 10.2 Å². The summed E-state index contributed by atoms with van der Waals surface area (Å²) < 4.78 is 0. The molecule has 0 aromatic rings. The summed E-state index contributed by atoms with van der Waals surface area (Å²) in [6, 6.07) is 0. The monoisotopic (exact) mass is 287 g/mol. The molecule has 0 fully saturated rings. The van der Waals surface area contributed by atoms with Gasteiger partial charge in [0.15, 0.2) is 0 Å². The minimum Gasteiger partial charge on any atom is -0.481 e. The second-order valence-corrected chi connectivity index (χ2v) is 5.38. The number of amides is 1. The van der Waals surface area contributed by atoms with Crippen LogP contribution in [0.5, 0.6) is 0 Å². The number of nitrogens with zero attached hydrogens (tertiary/aromatic N) is 1. The average molecular weight is 287 g/mol. The van der Waals surface area contributed by atoms with Crippen LogP contribution in [0.1, 0.15) is 46.5 Å².